The van der Waals surface area contributed by atoms with E-state index in [9.17, 15) is 0 Å². The zero-order valence-electron chi connectivity index (χ0n) is 9.20. The van der Waals surface area contributed by atoms with Gasteiger partial charge in [-0.3, -0.25) is 0 Å². The fraction of sp³-hybridized carbons (Fsp3) is 0.800. The summed E-state index contributed by atoms with van der Waals surface area (Å²) in [5.41, 5.74) is 0. The Bertz CT molecular complexity index is 280. The molecule has 1 atom stereocenters. The Morgan fingerprint density at radius 2 is 2.13 bits per heavy atom. The minimum Gasteiger partial charge on any atom is -0.472 e. The molecular formula is C10H17ClN2OS. The van der Waals surface area contributed by atoms with Gasteiger partial charge in [-0.15, -0.1) is 4.37 Å². The van der Waals surface area contributed by atoms with Crippen LogP contribution in [0, 0.1) is 0 Å². The lowest BCUT2D eigenvalue weighted by Crippen LogP contribution is -2.11. The monoisotopic (exact) mass is 248 g/mol. The SMILES string of the molecule is CCCCCCC(C)Oc1nsnc1Cl. The van der Waals surface area contributed by atoms with Crippen LogP contribution in [0.25, 0.3) is 0 Å². The molecule has 0 aromatic carbocycles. The fourth-order valence-corrected chi connectivity index (χ4v) is 1.97. The summed E-state index contributed by atoms with van der Waals surface area (Å²) in [5.74, 6) is 0.477. The summed E-state index contributed by atoms with van der Waals surface area (Å²) < 4.78 is 13.4. The Morgan fingerprint density at radius 3 is 2.73 bits per heavy atom. The second kappa shape index (κ2) is 7.01. The van der Waals surface area contributed by atoms with Crippen molar-refractivity contribution < 1.29 is 4.74 Å². The average molecular weight is 249 g/mol. The molecule has 1 heterocycles. The summed E-state index contributed by atoms with van der Waals surface area (Å²) in [4.78, 5) is 0. The number of ether oxygens (including phenoxy) is 1. The van der Waals surface area contributed by atoms with Gasteiger partial charge in [-0.25, -0.2) is 0 Å². The summed E-state index contributed by atoms with van der Waals surface area (Å²) in [6.07, 6.45) is 6.25. The molecule has 0 radical (unpaired) electrons. The zero-order chi connectivity index (χ0) is 11.1. The number of nitrogens with zero attached hydrogens (tertiary/aromatic N) is 2. The number of unbranched alkanes of at least 4 members (excludes halogenated alkanes) is 3. The minimum atomic E-state index is 0.170. The van der Waals surface area contributed by atoms with Crippen LogP contribution < -0.4 is 4.74 Å². The lowest BCUT2D eigenvalue weighted by Gasteiger charge is -2.11. The Morgan fingerprint density at radius 1 is 1.33 bits per heavy atom. The molecule has 0 aliphatic rings. The van der Waals surface area contributed by atoms with Crippen LogP contribution >= 0.6 is 23.3 Å². The first kappa shape index (κ1) is 12.7. The van der Waals surface area contributed by atoms with Gasteiger partial charge in [0.15, 0.2) is 0 Å². The maximum atomic E-state index is 5.78. The average Bonchev–Trinajstić information content (AvgIpc) is 2.59. The van der Waals surface area contributed by atoms with Crippen LogP contribution in [0.2, 0.25) is 5.15 Å². The molecule has 86 valence electrons. The molecule has 0 spiro atoms. The number of hydrogen-bond donors (Lipinski definition) is 0. The highest BCUT2D eigenvalue weighted by molar-refractivity contribution is 6.99. The molecule has 1 aromatic heterocycles. The number of halogens is 1. The van der Waals surface area contributed by atoms with Crippen molar-refractivity contribution in [2.45, 2.75) is 52.1 Å². The first-order chi connectivity index (χ1) is 7.24. The van der Waals surface area contributed by atoms with Gasteiger partial charge < -0.3 is 4.74 Å². The normalized spacial score (nSPS) is 12.7. The van der Waals surface area contributed by atoms with Gasteiger partial charge in [0, 0.05) is 0 Å². The van der Waals surface area contributed by atoms with Gasteiger partial charge in [0.25, 0.3) is 5.88 Å². The molecule has 3 nitrogen and oxygen atoms in total. The van der Waals surface area contributed by atoms with E-state index < -0.39 is 0 Å². The van der Waals surface area contributed by atoms with Crippen molar-refractivity contribution in [1.29, 1.82) is 0 Å². The third kappa shape index (κ3) is 4.80. The van der Waals surface area contributed by atoms with Crippen molar-refractivity contribution in [3.63, 3.8) is 0 Å². The molecule has 5 heteroatoms. The molecule has 0 fully saturated rings. The van der Waals surface area contributed by atoms with Crippen molar-refractivity contribution in [3.8, 4) is 5.88 Å². The maximum absolute atomic E-state index is 5.78. The van der Waals surface area contributed by atoms with Gasteiger partial charge in [-0.05, 0) is 19.8 Å². The standard InChI is InChI=1S/C10H17ClN2OS/c1-3-4-5-6-7-8(2)14-10-9(11)12-15-13-10/h8H,3-7H2,1-2H3. The number of aromatic nitrogens is 2. The van der Waals surface area contributed by atoms with Gasteiger partial charge in [-0.1, -0.05) is 37.8 Å². The molecule has 15 heavy (non-hydrogen) atoms. The van der Waals surface area contributed by atoms with E-state index in [1.54, 1.807) is 0 Å². The molecule has 1 aromatic rings. The zero-order valence-corrected chi connectivity index (χ0v) is 10.8. The van der Waals surface area contributed by atoms with Crippen LogP contribution in [0.15, 0.2) is 0 Å². The van der Waals surface area contributed by atoms with Crippen LogP contribution in [0.1, 0.15) is 46.0 Å². The van der Waals surface area contributed by atoms with Gasteiger partial charge in [0.05, 0.1) is 17.8 Å². The largest absolute Gasteiger partial charge is 0.472 e. The second-order valence-electron chi connectivity index (χ2n) is 3.64. The lowest BCUT2D eigenvalue weighted by molar-refractivity contribution is 0.200. The van der Waals surface area contributed by atoms with Crippen molar-refractivity contribution in [3.05, 3.63) is 5.15 Å². The molecule has 0 saturated carbocycles. The topological polar surface area (TPSA) is 35.0 Å². The van der Waals surface area contributed by atoms with E-state index in [-0.39, 0.29) is 6.10 Å². The Hall–Kier alpha value is -0.350. The van der Waals surface area contributed by atoms with Crippen LogP contribution in [-0.4, -0.2) is 14.9 Å². The van der Waals surface area contributed by atoms with Gasteiger partial charge >= 0.3 is 0 Å². The van der Waals surface area contributed by atoms with E-state index in [2.05, 4.69) is 15.7 Å². The summed E-state index contributed by atoms with van der Waals surface area (Å²) in [6.45, 7) is 4.25. The Labute approximate surface area is 100 Å². The van der Waals surface area contributed by atoms with E-state index in [4.69, 9.17) is 16.3 Å². The molecule has 0 aliphatic carbocycles. The van der Waals surface area contributed by atoms with Crippen LogP contribution in [0.3, 0.4) is 0 Å². The van der Waals surface area contributed by atoms with E-state index in [0.717, 1.165) is 18.1 Å². The van der Waals surface area contributed by atoms with E-state index in [0.29, 0.717) is 11.0 Å². The highest BCUT2D eigenvalue weighted by atomic mass is 35.5. The molecule has 0 aliphatic heterocycles. The summed E-state index contributed by atoms with van der Waals surface area (Å²) in [7, 11) is 0. The Kier molecular flexibility index (Phi) is 5.95. The highest BCUT2D eigenvalue weighted by Gasteiger charge is 2.10. The molecule has 0 bridgehead atoms. The first-order valence-corrected chi connectivity index (χ1v) is 6.49. The van der Waals surface area contributed by atoms with E-state index in [1.807, 2.05) is 6.92 Å². The van der Waals surface area contributed by atoms with Crippen molar-refractivity contribution in [2.75, 3.05) is 0 Å². The number of hydrogen-bond acceptors (Lipinski definition) is 4. The number of rotatable bonds is 7. The van der Waals surface area contributed by atoms with E-state index >= 15 is 0 Å². The smallest absolute Gasteiger partial charge is 0.265 e. The van der Waals surface area contributed by atoms with Crippen LogP contribution in [-0.2, 0) is 0 Å². The van der Waals surface area contributed by atoms with Crippen molar-refractivity contribution in [1.82, 2.24) is 8.75 Å². The molecule has 1 rings (SSSR count). The minimum absolute atomic E-state index is 0.170. The predicted octanol–water partition coefficient (Wildman–Crippen LogP) is 3.93. The molecule has 0 saturated heterocycles. The lowest BCUT2D eigenvalue weighted by atomic mass is 10.1. The predicted molar refractivity (Wildman–Crippen MR) is 63.8 cm³/mol. The first-order valence-electron chi connectivity index (χ1n) is 5.38. The van der Waals surface area contributed by atoms with Gasteiger partial charge in [0.2, 0.25) is 5.15 Å². The van der Waals surface area contributed by atoms with E-state index in [1.165, 1.54) is 25.7 Å². The third-order valence-corrected chi connectivity index (χ3v) is 3.06. The highest BCUT2D eigenvalue weighted by Crippen LogP contribution is 2.22. The van der Waals surface area contributed by atoms with Crippen LogP contribution in [0.4, 0.5) is 0 Å². The van der Waals surface area contributed by atoms with Gasteiger partial charge in [-0.2, -0.15) is 4.37 Å². The summed E-state index contributed by atoms with van der Waals surface area (Å²) in [5, 5.41) is 0.375. The third-order valence-electron chi connectivity index (χ3n) is 2.20. The van der Waals surface area contributed by atoms with Gasteiger partial charge in [0.1, 0.15) is 0 Å². The summed E-state index contributed by atoms with van der Waals surface area (Å²) in [6, 6.07) is 0. The Balaban J connectivity index is 2.18. The molecule has 1 unspecified atom stereocenters. The molecular weight excluding hydrogens is 232 g/mol. The quantitative estimate of drug-likeness (QED) is 0.686. The summed E-state index contributed by atoms with van der Waals surface area (Å²) >= 11 is 6.86. The maximum Gasteiger partial charge on any atom is 0.265 e. The molecule has 0 amide bonds. The second-order valence-corrected chi connectivity index (χ2v) is 4.52. The molecule has 0 N–H and O–H groups in total. The van der Waals surface area contributed by atoms with Crippen molar-refractivity contribution in [2.24, 2.45) is 0 Å². The fourth-order valence-electron chi connectivity index (χ4n) is 1.35. The van der Waals surface area contributed by atoms with Crippen LogP contribution in [0.5, 0.6) is 5.88 Å². The van der Waals surface area contributed by atoms with Crippen molar-refractivity contribution >= 4 is 23.3 Å².